The molecule has 112 valence electrons. The summed E-state index contributed by atoms with van der Waals surface area (Å²) in [5, 5.41) is 10.1. The number of ketones is 1. The van der Waals surface area contributed by atoms with Gasteiger partial charge in [-0.15, -0.1) is 0 Å². The van der Waals surface area contributed by atoms with Gasteiger partial charge in [0, 0.05) is 39.3 Å². The molecule has 1 atom stereocenters. The van der Waals surface area contributed by atoms with Crippen molar-refractivity contribution < 1.29 is 14.6 Å². The Morgan fingerprint density at radius 1 is 1.33 bits per heavy atom. The predicted octanol–water partition coefficient (Wildman–Crippen LogP) is 3.05. The third-order valence-electron chi connectivity index (χ3n) is 3.61. The fourth-order valence-corrected chi connectivity index (χ4v) is 2.47. The highest BCUT2D eigenvalue weighted by Gasteiger charge is 2.27. The van der Waals surface area contributed by atoms with Gasteiger partial charge in [0.25, 0.3) is 0 Å². The van der Waals surface area contributed by atoms with Gasteiger partial charge in [0.15, 0.2) is 5.78 Å². The second kappa shape index (κ2) is 7.74. The first-order valence-electron chi connectivity index (χ1n) is 7.21. The molecule has 4 heteroatoms. The van der Waals surface area contributed by atoms with Crippen molar-refractivity contribution in [1.29, 1.82) is 0 Å². The van der Waals surface area contributed by atoms with Crippen LogP contribution in [0, 0.1) is 0 Å². The van der Waals surface area contributed by atoms with Gasteiger partial charge in [-0.2, -0.15) is 0 Å². The van der Waals surface area contributed by atoms with Crippen LogP contribution in [0.1, 0.15) is 30.7 Å². The van der Waals surface area contributed by atoms with Crippen LogP contribution < -0.4 is 0 Å². The number of Topliss-reactive ketones (excluding diaryl/α,β-unsaturated/α-hetero) is 1. The van der Waals surface area contributed by atoms with Gasteiger partial charge in [0.2, 0.25) is 0 Å². The summed E-state index contributed by atoms with van der Waals surface area (Å²) in [5.41, 5.74) is 1.45. The van der Waals surface area contributed by atoms with Crippen LogP contribution in [-0.4, -0.2) is 37.4 Å². The Morgan fingerprint density at radius 3 is 2.76 bits per heavy atom. The van der Waals surface area contributed by atoms with Crippen molar-refractivity contribution in [1.82, 2.24) is 0 Å². The number of aliphatic hydroxyl groups is 1. The number of hydrogen-bond donors (Lipinski definition) is 1. The Balaban J connectivity index is 2.02. The predicted molar refractivity (Wildman–Crippen MR) is 82.9 cm³/mol. The fourth-order valence-electron chi connectivity index (χ4n) is 2.47. The minimum absolute atomic E-state index is 0.0388. The molecule has 0 aliphatic heterocycles. The average molecular weight is 287 g/mol. The number of aliphatic imine (C=N–C) groups is 1. The quantitative estimate of drug-likeness (QED) is 0.646. The average Bonchev–Trinajstić information content (AvgIpc) is 2.50. The number of carbonyl (C=O) groups is 1. The minimum Gasteiger partial charge on any atom is -0.511 e. The summed E-state index contributed by atoms with van der Waals surface area (Å²) in [7, 11) is 1.65. The highest BCUT2D eigenvalue weighted by atomic mass is 16.5. The molecule has 0 spiro atoms. The van der Waals surface area contributed by atoms with Crippen molar-refractivity contribution in [3.63, 3.8) is 0 Å². The number of allylic oxidation sites excluding steroid dienone is 2. The van der Waals surface area contributed by atoms with Crippen LogP contribution >= 0.6 is 0 Å². The molecule has 0 fully saturated rings. The van der Waals surface area contributed by atoms with Crippen molar-refractivity contribution in [2.75, 3.05) is 20.3 Å². The maximum absolute atomic E-state index is 12.2. The highest BCUT2D eigenvalue weighted by Crippen LogP contribution is 2.32. The first kappa shape index (κ1) is 15.4. The van der Waals surface area contributed by atoms with E-state index in [1.165, 1.54) is 6.21 Å². The number of nitrogens with zero attached hydrogens (tertiary/aromatic N) is 1. The molecule has 1 aromatic rings. The molecule has 21 heavy (non-hydrogen) atoms. The third-order valence-corrected chi connectivity index (χ3v) is 3.61. The Bertz CT molecular complexity index is 534. The molecule has 0 aromatic heterocycles. The molecule has 0 saturated carbocycles. The van der Waals surface area contributed by atoms with Crippen LogP contribution in [0.4, 0.5) is 0 Å². The van der Waals surface area contributed by atoms with Crippen molar-refractivity contribution in [2.45, 2.75) is 25.2 Å². The fraction of sp³-hybridized carbons (Fsp3) is 0.412. The molecule has 4 nitrogen and oxygen atoms in total. The summed E-state index contributed by atoms with van der Waals surface area (Å²) < 4.78 is 4.94. The van der Waals surface area contributed by atoms with Crippen molar-refractivity contribution >= 4 is 12.0 Å². The van der Waals surface area contributed by atoms with Gasteiger partial charge in [-0.05, 0) is 17.9 Å². The van der Waals surface area contributed by atoms with E-state index in [1.807, 2.05) is 30.3 Å². The molecule has 1 aromatic carbocycles. The standard InChI is InChI=1S/C17H21NO3/c1-21-9-5-8-18-12-15-16(19)10-14(11-17(15)20)13-6-3-2-4-7-13/h2-4,6-7,12,14,19H,5,8-11H2,1H3. The normalized spacial score (nSPS) is 19.5. The first-order chi connectivity index (χ1) is 10.2. The Morgan fingerprint density at radius 2 is 2.10 bits per heavy atom. The van der Waals surface area contributed by atoms with E-state index in [-0.39, 0.29) is 17.5 Å². The zero-order valence-corrected chi connectivity index (χ0v) is 12.3. The zero-order chi connectivity index (χ0) is 15.1. The second-order valence-electron chi connectivity index (χ2n) is 5.18. The van der Waals surface area contributed by atoms with Crippen LogP contribution in [0.3, 0.4) is 0 Å². The molecule has 0 heterocycles. The summed E-state index contributed by atoms with van der Waals surface area (Å²) in [6.07, 6.45) is 3.24. The SMILES string of the molecule is COCCCN=CC1=C(O)CC(c2ccccc2)CC1=O. The Labute approximate surface area is 125 Å². The van der Waals surface area contributed by atoms with E-state index in [1.54, 1.807) is 7.11 Å². The number of aliphatic hydroxyl groups excluding tert-OH is 1. The lowest BCUT2D eigenvalue weighted by Gasteiger charge is -2.22. The molecule has 1 N–H and O–H groups in total. The molecular formula is C17H21NO3. The minimum atomic E-state index is -0.0388. The van der Waals surface area contributed by atoms with Gasteiger partial charge in [0.1, 0.15) is 5.76 Å². The molecule has 2 rings (SSSR count). The highest BCUT2D eigenvalue weighted by molar-refractivity contribution is 6.14. The van der Waals surface area contributed by atoms with Gasteiger partial charge in [0.05, 0.1) is 5.57 Å². The number of carbonyl (C=O) groups excluding carboxylic acids is 1. The lowest BCUT2D eigenvalue weighted by molar-refractivity contribution is -0.116. The van der Waals surface area contributed by atoms with Gasteiger partial charge in [-0.1, -0.05) is 30.3 Å². The van der Waals surface area contributed by atoms with E-state index in [0.717, 1.165) is 12.0 Å². The van der Waals surface area contributed by atoms with Crippen molar-refractivity contribution in [3.05, 3.63) is 47.2 Å². The molecule has 1 unspecified atom stereocenters. The van der Waals surface area contributed by atoms with E-state index in [2.05, 4.69) is 4.99 Å². The summed E-state index contributed by atoms with van der Waals surface area (Å²) in [4.78, 5) is 16.4. The summed E-state index contributed by atoms with van der Waals surface area (Å²) in [5.74, 6) is 0.169. The van der Waals surface area contributed by atoms with Gasteiger partial charge in [-0.3, -0.25) is 9.79 Å². The number of benzene rings is 1. The molecular weight excluding hydrogens is 266 g/mol. The first-order valence-corrected chi connectivity index (χ1v) is 7.21. The molecule has 0 saturated heterocycles. The van der Waals surface area contributed by atoms with E-state index in [9.17, 15) is 9.90 Å². The molecule has 0 bridgehead atoms. The second-order valence-corrected chi connectivity index (χ2v) is 5.18. The third kappa shape index (κ3) is 4.26. The van der Waals surface area contributed by atoms with E-state index in [0.29, 0.717) is 31.6 Å². The van der Waals surface area contributed by atoms with E-state index in [4.69, 9.17) is 4.74 Å². The van der Waals surface area contributed by atoms with Crippen LogP contribution in [0.15, 0.2) is 46.7 Å². The monoisotopic (exact) mass is 287 g/mol. The lowest BCUT2D eigenvalue weighted by Crippen LogP contribution is -2.19. The largest absolute Gasteiger partial charge is 0.511 e. The Hall–Kier alpha value is -1.94. The topological polar surface area (TPSA) is 58.9 Å². The molecule has 0 radical (unpaired) electrons. The number of hydrogen-bond acceptors (Lipinski definition) is 4. The lowest BCUT2D eigenvalue weighted by atomic mass is 9.83. The molecule has 1 aliphatic carbocycles. The van der Waals surface area contributed by atoms with Gasteiger partial charge in [-0.25, -0.2) is 0 Å². The van der Waals surface area contributed by atoms with Crippen LogP contribution in [0.2, 0.25) is 0 Å². The van der Waals surface area contributed by atoms with Gasteiger partial charge >= 0.3 is 0 Å². The van der Waals surface area contributed by atoms with Crippen molar-refractivity contribution in [3.8, 4) is 0 Å². The van der Waals surface area contributed by atoms with Crippen LogP contribution in [-0.2, 0) is 9.53 Å². The number of ether oxygens (including phenoxy) is 1. The summed E-state index contributed by atoms with van der Waals surface area (Å²) in [6.45, 7) is 1.24. The maximum atomic E-state index is 12.2. The maximum Gasteiger partial charge on any atom is 0.168 e. The zero-order valence-electron chi connectivity index (χ0n) is 12.3. The van der Waals surface area contributed by atoms with Crippen LogP contribution in [0.25, 0.3) is 0 Å². The van der Waals surface area contributed by atoms with E-state index < -0.39 is 0 Å². The molecule has 0 amide bonds. The van der Waals surface area contributed by atoms with Crippen molar-refractivity contribution in [2.24, 2.45) is 4.99 Å². The smallest absolute Gasteiger partial charge is 0.168 e. The Kier molecular flexibility index (Phi) is 5.69. The van der Waals surface area contributed by atoms with E-state index >= 15 is 0 Å². The van der Waals surface area contributed by atoms with Gasteiger partial charge < -0.3 is 9.84 Å². The summed E-state index contributed by atoms with van der Waals surface area (Å²) >= 11 is 0. The number of methoxy groups -OCH3 is 1. The van der Waals surface area contributed by atoms with Crippen LogP contribution in [0.5, 0.6) is 0 Å². The summed E-state index contributed by atoms with van der Waals surface area (Å²) in [6, 6.07) is 9.84. The molecule has 1 aliphatic rings. The number of rotatable bonds is 6.